The molecule has 0 aliphatic carbocycles. The lowest BCUT2D eigenvalue weighted by Crippen LogP contribution is -2.41. The van der Waals surface area contributed by atoms with Gasteiger partial charge in [-0.05, 0) is 48.9 Å². The van der Waals surface area contributed by atoms with Gasteiger partial charge in [0, 0.05) is 19.3 Å². The molecule has 0 bridgehead atoms. The summed E-state index contributed by atoms with van der Waals surface area (Å²) in [5.74, 6) is -0.577. The van der Waals surface area contributed by atoms with E-state index >= 15 is 0 Å². The van der Waals surface area contributed by atoms with Crippen molar-refractivity contribution in [3.05, 3.63) is 90.5 Å². The third-order valence-corrected chi connectivity index (χ3v) is 8.23. The Hall–Kier alpha value is -3.05. The van der Waals surface area contributed by atoms with E-state index in [9.17, 15) is 21.6 Å². The maximum Gasteiger partial charge on any atom is 0.243 e. The second-order valence-electron chi connectivity index (χ2n) is 7.42. The molecule has 0 heterocycles. The van der Waals surface area contributed by atoms with Gasteiger partial charge in [0.2, 0.25) is 26.0 Å². The van der Waals surface area contributed by atoms with Gasteiger partial charge in [-0.25, -0.2) is 16.8 Å². The number of hydrogen-bond acceptors (Lipinski definition) is 5. The molecule has 0 aliphatic heterocycles. The summed E-state index contributed by atoms with van der Waals surface area (Å²) in [5.41, 5.74) is 1.20. The van der Waals surface area contributed by atoms with Crippen LogP contribution in [-0.2, 0) is 31.4 Å². The number of benzene rings is 3. The highest BCUT2D eigenvalue weighted by molar-refractivity contribution is 7.89. The number of amides is 1. The Balaban J connectivity index is 1.64. The van der Waals surface area contributed by atoms with Crippen LogP contribution < -0.4 is 10.0 Å². The van der Waals surface area contributed by atoms with Gasteiger partial charge < -0.3 is 5.32 Å². The summed E-state index contributed by atoms with van der Waals surface area (Å²) < 4.78 is 54.0. The van der Waals surface area contributed by atoms with E-state index in [1.165, 1.54) is 54.7 Å². The molecular formula is C23H25N3O5S2. The van der Waals surface area contributed by atoms with Gasteiger partial charge in [-0.2, -0.15) is 9.03 Å². The molecule has 0 spiro atoms. The average molecular weight is 488 g/mol. The fraction of sp³-hybridized carbons (Fsp3) is 0.174. The quantitative estimate of drug-likeness (QED) is 0.482. The zero-order chi connectivity index (χ0) is 24.1. The van der Waals surface area contributed by atoms with Gasteiger partial charge in [-0.3, -0.25) is 4.79 Å². The topological polar surface area (TPSA) is 113 Å². The Morgan fingerprint density at radius 1 is 0.818 bits per heavy atom. The second kappa shape index (κ2) is 10.3. The highest BCUT2D eigenvalue weighted by Crippen LogP contribution is 2.19. The predicted octanol–water partition coefficient (Wildman–Crippen LogP) is 2.81. The van der Waals surface area contributed by atoms with Crippen LogP contribution in [0.5, 0.6) is 0 Å². The number of sulfonamides is 2. The van der Waals surface area contributed by atoms with Crippen molar-refractivity contribution in [1.82, 2.24) is 9.03 Å². The van der Waals surface area contributed by atoms with Gasteiger partial charge in [0.05, 0.1) is 15.8 Å². The summed E-state index contributed by atoms with van der Waals surface area (Å²) in [5, 5.41) is 2.59. The molecule has 0 aromatic heterocycles. The predicted molar refractivity (Wildman–Crippen MR) is 126 cm³/mol. The van der Waals surface area contributed by atoms with E-state index in [2.05, 4.69) is 10.0 Å². The smallest absolute Gasteiger partial charge is 0.243 e. The number of hydrogen-bond donors (Lipinski definition) is 2. The van der Waals surface area contributed by atoms with Crippen molar-refractivity contribution in [3.8, 4) is 0 Å². The molecule has 3 aromatic rings. The normalized spacial score (nSPS) is 12.9. The van der Waals surface area contributed by atoms with Gasteiger partial charge in [0.15, 0.2) is 0 Å². The monoisotopic (exact) mass is 487 g/mol. The van der Waals surface area contributed by atoms with Crippen LogP contribution in [0.1, 0.15) is 12.5 Å². The maximum atomic E-state index is 12.8. The maximum absolute atomic E-state index is 12.8. The largest absolute Gasteiger partial charge is 0.325 e. The first-order valence-corrected chi connectivity index (χ1v) is 13.0. The van der Waals surface area contributed by atoms with E-state index in [0.717, 1.165) is 5.56 Å². The van der Waals surface area contributed by atoms with Crippen LogP contribution in [0.15, 0.2) is 94.7 Å². The molecule has 0 radical (unpaired) electrons. The number of carbonyl (C=O) groups excluding carboxylic acids is 1. The molecule has 1 atom stereocenters. The molecule has 10 heteroatoms. The molecular weight excluding hydrogens is 462 g/mol. The highest BCUT2D eigenvalue weighted by Gasteiger charge is 2.23. The Kier molecular flexibility index (Phi) is 7.65. The van der Waals surface area contributed by atoms with Crippen LogP contribution in [0.25, 0.3) is 0 Å². The van der Waals surface area contributed by atoms with Crippen molar-refractivity contribution in [3.63, 3.8) is 0 Å². The fourth-order valence-electron chi connectivity index (χ4n) is 3.02. The first kappa shape index (κ1) is 24.6. The Morgan fingerprint density at radius 3 is 1.94 bits per heavy atom. The van der Waals surface area contributed by atoms with Crippen molar-refractivity contribution in [2.75, 3.05) is 12.4 Å². The lowest BCUT2D eigenvalue weighted by atomic mass is 10.2. The average Bonchev–Trinajstić information content (AvgIpc) is 2.80. The van der Waals surface area contributed by atoms with Crippen molar-refractivity contribution in [2.45, 2.75) is 29.3 Å². The third-order valence-electron chi connectivity index (χ3n) is 4.86. The van der Waals surface area contributed by atoms with Crippen LogP contribution in [0.2, 0.25) is 0 Å². The summed E-state index contributed by atoms with van der Waals surface area (Å²) in [7, 11) is -6.08. The van der Waals surface area contributed by atoms with Gasteiger partial charge >= 0.3 is 0 Å². The van der Waals surface area contributed by atoms with Crippen LogP contribution in [0, 0.1) is 0 Å². The van der Waals surface area contributed by atoms with Gasteiger partial charge in [-0.1, -0.05) is 48.5 Å². The molecule has 0 saturated heterocycles. The van der Waals surface area contributed by atoms with Crippen LogP contribution >= 0.6 is 0 Å². The van der Waals surface area contributed by atoms with E-state index in [0.29, 0.717) is 5.69 Å². The number of carbonyl (C=O) groups is 1. The molecule has 2 N–H and O–H groups in total. The molecule has 174 valence electrons. The molecule has 0 aliphatic rings. The SMILES string of the molecule is C[C@H](NS(=O)(=O)c1ccccc1)C(=O)Nc1ccc(S(=O)(=O)N(C)Cc2ccccc2)cc1. The van der Waals surface area contributed by atoms with E-state index in [4.69, 9.17) is 0 Å². The first-order chi connectivity index (χ1) is 15.6. The zero-order valence-corrected chi connectivity index (χ0v) is 19.8. The van der Waals surface area contributed by atoms with Crippen LogP contribution in [0.3, 0.4) is 0 Å². The van der Waals surface area contributed by atoms with E-state index < -0.39 is 32.0 Å². The van der Waals surface area contributed by atoms with Gasteiger partial charge in [0.25, 0.3) is 0 Å². The molecule has 8 nitrogen and oxygen atoms in total. The number of anilines is 1. The highest BCUT2D eigenvalue weighted by atomic mass is 32.2. The van der Waals surface area contributed by atoms with E-state index in [-0.39, 0.29) is 16.3 Å². The lowest BCUT2D eigenvalue weighted by Gasteiger charge is -2.18. The summed E-state index contributed by atoms with van der Waals surface area (Å²) in [6, 6.07) is 21.6. The molecule has 0 unspecified atom stereocenters. The molecule has 1 amide bonds. The van der Waals surface area contributed by atoms with Crippen molar-refractivity contribution >= 4 is 31.6 Å². The minimum Gasteiger partial charge on any atom is -0.325 e. The molecule has 0 fully saturated rings. The van der Waals surface area contributed by atoms with Crippen LogP contribution in [0.4, 0.5) is 5.69 Å². The summed E-state index contributed by atoms with van der Waals surface area (Å²) in [6.07, 6.45) is 0. The van der Waals surface area contributed by atoms with Gasteiger partial charge in [-0.15, -0.1) is 0 Å². The Morgan fingerprint density at radius 2 is 1.36 bits per heavy atom. The second-order valence-corrected chi connectivity index (χ2v) is 11.2. The van der Waals surface area contributed by atoms with E-state index in [1.54, 1.807) is 18.2 Å². The summed E-state index contributed by atoms with van der Waals surface area (Å²) >= 11 is 0. The van der Waals surface area contributed by atoms with Crippen molar-refractivity contribution in [1.29, 1.82) is 0 Å². The first-order valence-electron chi connectivity index (χ1n) is 10.1. The number of nitrogens with one attached hydrogen (secondary N) is 2. The van der Waals surface area contributed by atoms with Crippen molar-refractivity contribution < 1.29 is 21.6 Å². The Labute approximate surface area is 194 Å². The summed E-state index contributed by atoms with van der Waals surface area (Å²) in [4.78, 5) is 12.6. The number of rotatable bonds is 9. The third kappa shape index (κ3) is 6.26. The van der Waals surface area contributed by atoms with Crippen molar-refractivity contribution in [2.24, 2.45) is 0 Å². The van der Waals surface area contributed by atoms with E-state index in [1.807, 2.05) is 30.3 Å². The number of nitrogens with zero attached hydrogens (tertiary/aromatic N) is 1. The Bertz CT molecular complexity index is 1300. The lowest BCUT2D eigenvalue weighted by molar-refractivity contribution is -0.117. The summed E-state index contributed by atoms with van der Waals surface area (Å²) in [6.45, 7) is 1.65. The minimum absolute atomic E-state index is 0.0545. The molecule has 3 aromatic carbocycles. The van der Waals surface area contributed by atoms with Gasteiger partial charge in [0.1, 0.15) is 0 Å². The minimum atomic E-state index is -3.85. The zero-order valence-electron chi connectivity index (χ0n) is 18.2. The standard InChI is InChI=1S/C23H25N3O5S2/c1-18(25-32(28,29)21-11-7-4-8-12-21)23(27)24-20-13-15-22(16-14-20)33(30,31)26(2)17-19-9-5-3-6-10-19/h3-16,18,25H,17H2,1-2H3,(H,24,27)/t18-/m0/s1. The van der Waals surface area contributed by atoms with Crippen LogP contribution in [-0.4, -0.2) is 40.1 Å². The molecule has 0 saturated carbocycles. The molecule has 3 rings (SSSR count). The fourth-order valence-corrected chi connectivity index (χ4v) is 5.40. The molecule has 33 heavy (non-hydrogen) atoms.